The second kappa shape index (κ2) is 35.8. The number of hydrogen-bond acceptors (Lipinski definition) is 10. The largest absolute Gasteiger partial charge is 0.462 e. The van der Waals surface area contributed by atoms with E-state index in [-0.39, 0.29) is 26.1 Å². The highest BCUT2D eigenvalue weighted by atomic mass is 16.7. The predicted molar refractivity (Wildman–Crippen MR) is 219 cm³/mol. The van der Waals surface area contributed by atoms with E-state index in [1.807, 2.05) is 6.08 Å². The van der Waals surface area contributed by atoms with E-state index < -0.39 is 55.4 Å². The molecule has 4 N–H and O–H groups in total. The van der Waals surface area contributed by atoms with E-state index in [2.05, 4.69) is 68.5 Å². The average molecular weight is 777 g/mol. The molecule has 0 aromatic heterocycles. The van der Waals surface area contributed by atoms with Crippen molar-refractivity contribution in [1.29, 1.82) is 0 Å². The number of carbonyl (C=O) groups excluding carboxylic acids is 2. The van der Waals surface area contributed by atoms with Crippen LogP contribution in [0.1, 0.15) is 155 Å². The Balaban J connectivity index is 2.42. The molecule has 0 saturated carbocycles. The third-order valence-corrected chi connectivity index (χ3v) is 9.38. The normalized spacial score (nSPS) is 21.2. The second-order valence-electron chi connectivity index (χ2n) is 14.4. The summed E-state index contributed by atoms with van der Waals surface area (Å²) >= 11 is 0. The summed E-state index contributed by atoms with van der Waals surface area (Å²) in [5.74, 6) is -0.896. The zero-order chi connectivity index (χ0) is 40.2. The second-order valence-corrected chi connectivity index (χ2v) is 14.4. The predicted octanol–water partition coefficient (Wildman–Crippen LogP) is 8.66. The van der Waals surface area contributed by atoms with Crippen molar-refractivity contribution >= 4 is 11.9 Å². The van der Waals surface area contributed by atoms with Gasteiger partial charge < -0.3 is 39.4 Å². The molecule has 2 unspecified atom stereocenters. The lowest BCUT2D eigenvalue weighted by Crippen LogP contribution is -2.59. The standard InChI is InChI=1S/C45H76O10/c1-3-5-7-9-11-13-15-17-18-19-20-22-23-25-27-29-31-33-40(47)52-36-38(37-53-45-44(51)43(50)42(49)39(35-46)55-45)54-41(48)34-32-30-28-26-24-21-16-14-12-10-8-6-4-2/h11,13,17-18,20-22,24-25,27,38-39,42-46,49-51H,3-10,12,14-16,19,23,26,28-37H2,1-2H3/b13-11+,18-17+,22-20+,24-21+,27-25+/t38-,39-,42+,43?,44?,45-/m0/s1. The minimum atomic E-state index is -1.61. The Bertz CT molecular complexity index is 1080. The van der Waals surface area contributed by atoms with E-state index in [9.17, 15) is 30.0 Å². The van der Waals surface area contributed by atoms with Crippen molar-refractivity contribution < 1.29 is 49.0 Å². The van der Waals surface area contributed by atoms with Crippen molar-refractivity contribution in [1.82, 2.24) is 0 Å². The number of rotatable bonds is 34. The number of aliphatic hydroxyl groups excluding tert-OH is 4. The third-order valence-electron chi connectivity index (χ3n) is 9.38. The molecule has 0 radical (unpaired) electrons. The first kappa shape index (κ1) is 50.4. The maximum Gasteiger partial charge on any atom is 0.306 e. The van der Waals surface area contributed by atoms with Gasteiger partial charge in [-0.3, -0.25) is 9.59 Å². The number of carbonyl (C=O) groups is 2. The SMILES string of the molecule is CCCCC/C=C/C/C=C/C/C=C/C/C=C/CCCC(=O)OC[C@@H](CO[C@H]1O[C@@H](CO)[C@@H](O)C(O)C1O)OC(=O)CCCCC/C=C/CCCCCCCC. The molecular formula is C45H76O10. The molecule has 316 valence electrons. The van der Waals surface area contributed by atoms with Crippen LogP contribution in [-0.2, 0) is 28.5 Å². The molecule has 0 aromatic rings. The van der Waals surface area contributed by atoms with Gasteiger partial charge in [0.05, 0.1) is 13.2 Å². The molecule has 0 amide bonds. The molecule has 1 aliphatic rings. The fourth-order valence-corrected chi connectivity index (χ4v) is 5.94. The van der Waals surface area contributed by atoms with Crippen LogP contribution in [0.25, 0.3) is 0 Å². The first-order chi connectivity index (χ1) is 26.8. The first-order valence-corrected chi connectivity index (χ1v) is 21.4. The molecule has 1 fully saturated rings. The van der Waals surface area contributed by atoms with Crippen molar-refractivity contribution in [3.8, 4) is 0 Å². The minimum Gasteiger partial charge on any atom is -0.462 e. The van der Waals surface area contributed by atoms with Crippen LogP contribution in [0.3, 0.4) is 0 Å². The summed E-state index contributed by atoms with van der Waals surface area (Å²) < 4.78 is 22.0. The number of ether oxygens (including phenoxy) is 4. The molecule has 1 rings (SSSR count). The number of allylic oxidation sites excluding steroid dienone is 10. The van der Waals surface area contributed by atoms with Gasteiger partial charge in [-0.25, -0.2) is 0 Å². The van der Waals surface area contributed by atoms with Gasteiger partial charge in [0.25, 0.3) is 0 Å². The molecule has 0 aliphatic carbocycles. The lowest BCUT2D eigenvalue weighted by atomic mass is 9.99. The Morgan fingerprint density at radius 3 is 1.64 bits per heavy atom. The van der Waals surface area contributed by atoms with Gasteiger partial charge in [0.2, 0.25) is 0 Å². The highest BCUT2D eigenvalue weighted by Gasteiger charge is 2.44. The highest BCUT2D eigenvalue weighted by Crippen LogP contribution is 2.22. The fourth-order valence-electron chi connectivity index (χ4n) is 5.94. The van der Waals surface area contributed by atoms with Crippen LogP contribution < -0.4 is 0 Å². The summed E-state index contributed by atoms with van der Waals surface area (Å²) in [7, 11) is 0. The summed E-state index contributed by atoms with van der Waals surface area (Å²) in [5, 5.41) is 40.0. The van der Waals surface area contributed by atoms with Crippen LogP contribution in [0, 0.1) is 0 Å². The summed E-state index contributed by atoms with van der Waals surface area (Å²) in [6.45, 7) is 3.29. The van der Waals surface area contributed by atoms with E-state index in [0.29, 0.717) is 12.8 Å². The Kier molecular flexibility index (Phi) is 32.8. The molecule has 1 aliphatic heterocycles. The number of hydrogen-bond donors (Lipinski definition) is 4. The molecule has 1 heterocycles. The summed E-state index contributed by atoms with van der Waals surface area (Å²) in [6, 6.07) is 0. The molecule has 6 atom stereocenters. The van der Waals surface area contributed by atoms with E-state index >= 15 is 0 Å². The van der Waals surface area contributed by atoms with E-state index in [4.69, 9.17) is 18.9 Å². The highest BCUT2D eigenvalue weighted by molar-refractivity contribution is 5.70. The molecule has 1 saturated heterocycles. The van der Waals surface area contributed by atoms with Gasteiger partial charge in [0.15, 0.2) is 12.4 Å². The number of unbranched alkanes of at least 4 members (excludes halogenated alkanes) is 13. The van der Waals surface area contributed by atoms with Gasteiger partial charge in [0.1, 0.15) is 31.0 Å². The molecule has 55 heavy (non-hydrogen) atoms. The number of aliphatic hydroxyl groups is 4. The van der Waals surface area contributed by atoms with E-state index in [0.717, 1.165) is 57.8 Å². The molecule has 10 heteroatoms. The van der Waals surface area contributed by atoms with Crippen LogP contribution in [-0.4, -0.2) is 89.0 Å². The van der Waals surface area contributed by atoms with Gasteiger partial charge in [0, 0.05) is 12.8 Å². The van der Waals surface area contributed by atoms with Crippen LogP contribution in [0.4, 0.5) is 0 Å². The lowest BCUT2D eigenvalue weighted by molar-refractivity contribution is -0.305. The van der Waals surface area contributed by atoms with Gasteiger partial charge in [-0.1, -0.05) is 126 Å². The Morgan fingerprint density at radius 2 is 1.04 bits per heavy atom. The van der Waals surface area contributed by atoms with Crippen molar-refractivity contribution in [3.05, 3.63) is 60.8 Å². The molecular weight excluding hydrogens is 700 g/mol. The van der Waals surface area contributed by atoms with Crippen molar-refractivity contribution in [3.63, 3.8) is 0 Å². The maximum absolute atomic E-state index is 12.7. The van der Waals surface area contributed by atoms with E-state index in [1.165, 1.54) is 57.8 Å². The smallest absolute Gasteiger partial charge is 0.306 e. The van der Waals surface area contributed by atoms with Gasteiger partial charge in [-0.2, -0.15) is 0 Å². The molecule has 0 aromatic carbocycles. The fraction of sp³-hybridized carbons (Fsp3) is 0.733. The van der Waals surface area contributed by atoms with Gasteiger partial charge in [-0.15, -0.1) is 0 Å². The van der Waals surface area contributed by atoms with Crippen LogP contribution in [0.2, 0.25) is 0 Å². The Hall–Kier alpha value is -2.60. The maximum atomic E-state index is 12.7. The van der Waals surface area contributed by atoms with Crippen LogP contribution in [0.15, 0.2) is 60.8 Å². The molecule has 0 bridgehead atoms. The Labute approximate surface area is 332 Å². The molecule has 10 nitrogen and oxygen atoms in total. The lowest BCUT2D eigenvalue weighted by Gasteiger charge is -2.39. The zero-order valence-corrected chi connectivity index (χ0v) is 34.2. The summed E-state index contributed by atoms with van der Waals surface area (Å²) in [6.07, 6.45) is 35.2. The zero-order valence-electron chi connectivity index (χ0n) is 34.2. The van der Waals surface area contributed by atoms with Crippen LogP contribution >= 0.6 is 0 Å². The van der Waals surface area contributed by atoms with Gasteiger partial charge >= 0.3 is 11.9 Å². The quantitative estimate of drug-likeness (QED) is 0.0284. The van der Waals surface area contributed by atoms with Crippen molar-refractivity contribution in [2.24, 2.45) is 0 Å². The summed E-state index contributed by atoms with van der Waals surface area (Å²) in [5.41, 5.74) is 0. The number of esters is 2. The van der Waals surface area contributed by atoms with Gasteiger partial charge in [-0.05, 0) is 77.0 Å². The Morgan fingerprint density at radius 1 is 0.564 bits per heavy atom. The summed E-state index contributed by atoms with van der Waals surface area (Å²) in [4.78, 5) is 25.2. The topological polar surface area (TPSA) is 152 Å². The van der Waals surface area contributed by atoms with Crippen molar-refractivity contribution in [2.45, 2.75) is 192 Å². The monoisotopic (exact) mass is 777 g/mol. The van der Waals surface area contributed by atoms with Crippen molar-refractivity contribution in [2.75, 3.05) is 19.8 Å². The first-order valence-electron chi connectivity index (χ1n) is 21.4. The van der Waals surface area contributed by atoms with E-state index in [1.54, 1.807) is 0 Å². The van der Waals surface area contributed by atoms with Crippen LogP contribution in [0.5, 0.6) is 0 Å². The molecule has 0 spiro atoms. The minimum absolute atomic E-state index is 0.194. The third kappa shape index (κ3) is 27.6. The average Bonchev–Trinajstić information content (AvgIpc) is 3.18.